The van der Waals surface area contributed by atoms with Gasteiger partial charge in [-0.1, -0.05) is 6.92 Å². The monoisotopic (exact) mass is 267 g/mol. The van der Waals surface area contributed by atoms with Crippen LogP contribution in [0.3, 0.4) is 0 Å². The average molecular weight is 267 g/mol. The Balaban J connectivity index is 3.01. The van der Waals surface area contributed by atoms with Gasteiger partial charge in [0.25, 0.3) is 5.69 Å². The molecule has 0 spiro atoms. The number of non-ortho nitro benzene ring substituents is 1. The number of hydrogen-bond acceptors (Lipinski definition) is 4. The number of carboxylic acid groups (broad SMARTS) is 1. The number of aromatic carboxylic acids is 1. The Labute approximate surface area is 108 Å². The summed E-state index contributed by atoms with van der Waals surface area (Å²) in [7, 11) is 0. The SMILES string of the molecule is CCCNC(=O)Nc1cc([N+](=O)[O-])ccc1C(=O)O. The molecule has 0 bridgehead atoms. The topological polar surface area (TPSA) is 122 Å². The third kappa shape index (κ3) is 3.95. The summed E-state index contributed by atoms with van der Waals surface area (Å²) in [6, 6.07) is 2.55. The van der Waals surface area contributed by atoms with Crippen molar-refractivity contribution in [2.24, 2.45) is 0 Å². The molecule has 0 fully saturated rings. The van der Waals surface area contributed by atoms with Gasteiger partial charge in [0.2, 0.25) is 0 Å². The molecule has 19 heavy (non-hydrogen) atoms. The first-order chi connectivity index (χ1) is 8.95. The van der Waals surface area contributed by atoms with Gasteiger partial charge in [-0.15, -0.1) is 0 Å². The third-order valence-corrected chi connectivity index (χ3v) is 2.23. The van der Waals surface area contributed by atoms with Gasteiger partial charge in [-0.25, -0.2) is 9.59 Å². The maximum Gasteiger partial charge on any atom is 0.337 e. The molecule has 8 heteroatoms. The van der Waals surface area contributed by atoms with Crippen molar-refractivity contribution >= 4 is 23.4 Å². The Kier molecular flexibility index (Phi) is 4.81. The number of amides is 2. The van der Waals surface area contributed by atoms with E-state index in [0.29, 0.717) is 13.0 Å². The van der Waals surface area contributed by atoms with E-state index >= 15 is 0 Å². The summed E-state index contributed by atoms with van der Waals surface area (Å²) in [6.07, 6.45) is 0.716. The summed E-state index contributed by atoms with van der Waals surface area (Å²) in [5.41, 5.74) is -0.622. The fraction of sp³-hybridized carbons (Fsp3) is 0.273. The molecule has 1 aromatic carbocycles. The molecular formula is C11H13N3O5. The molecular weight excluding hydrogens is 254 g/mol. The van der Waals surface area contributed by atoms with E-state index in [9.17, 15) is 19.7 Å². The second kappa shape index (κ2) is 6.34. The van der Waals surface area contributed by atoms with Gasteiger partial charge >= 0.3 is 12.0 Å². The van der Waals surface area contributed by atoms with Gasteiger partial charge in [0.15, 0.2) is 0 Å². The van der Waals surface area contributed by atoms with Gasteiger partial charge < -0.3 is 15.7 Å². The molecule has 0 aliphatic carbocycles. The number of rotatable bonds is 5. The molecule has 0 saturated heterocycles. The zero-order valence-corrected chi connectivity index (χ0v) is 10.2. The minimum Gasteiger partial charge on any atom is -0.478 e. The first-order valence-electron chi connectivity index (χ1n) is 5.52. The number of carboxylic acids is 1. The Hall–Kier alpha value is -2.64. The van der Waals surface area contributed by atoms with E-state index in [1.807, 2.05) is 6.92 Å². The molecule has 0 aromatic heterocycles. The number of nitro groups is 1. The molecule has 0 aliphatic heterocycles. The van der Waals surface area contributed by atoms with Crippen molar-refractivity contribution in [3.63, 3.8) is 0 Å². The van der Waals surface area contributed by atoms with Crippen LogP contribution < -0.4 is 10.6 Å². The summed E-state index contributed by atoms with van der Waals surface area (Å²) in [5.74, 6) is -1.28. The molecule has 8 nitrogen and oxygen atoms in total. The molecule has 0 saturated carbocycles. The number of urea groups is 1. The highest BCUT2D eigenvalue weighted by molar-refractivity contribution is 6.00. The van der Waals surface area contributed by atoms with Crippen LogP contribution in [-0.4, -0.2) is 28.6 Å². The number of benzene rings is 1. The first kappa shape index (κ1) is 14.4. The highest BCUT2D eigenvalue weighted by Gasteiger charge is 2.16. The summed E-state index contributed by atoms with van der Waals surface area (Å²) < 4.78 is 0. The number of carbonyl (C=O) groups excluding carboxylic acids is 1. The van der Waals surface area contributed by atoms with Crippen LogP contribution in [-0.2, 0) is 0 Å². The quantitative estimate of drug-likeness (QED) is 0.555. The van der Waals surface area contributed by atoms with Crippen molar-refractivity contribution < 1.29 is 19.6 Å². The van der Waals surface area contributed by atoms with E-state index in [-0.39, 0.29) is 16.9 Å². The van der Waals surface area contributed by atoms with Crippen LogP contribution in [0.25, 0.3) is 0 Å². The number of hydrogen-bond donors (Lipinski definition) is 3. The zero-order chi connectivity index (χ0) is 14.4. The normalized spacial score (nSPS) is 9.74. The second-order valence-corrected chi connectivity index (χ2v) is 3.67. The average Bonchev–Trinajstić information content (AvgIpc) is 2.35. The lowest BCUT2D eigenvalue weighted by atomic mass is 10.1. The summed E-state index contributed by atoms with van der Waals surface area (Å²) in [4.78, 5) is 32.4. The lowest BCUT2D eigenvalue weighted by Gasteiger charge is -2.09. The molecule has 1 rings (SSSR count). The second-order valence-electron chi connectivity index (χ2n) is 3.67. The molecule has 0 aliphatic rings. The number of anilines is 1. The Morgan fingerprint density at radius 2 is 2.11 bits per heavy atom. The van der Waals surface area contributed by atoms with Crippen molar-refractivity contribution in [3.8, 4) is 0 Å². The van der Waals surface area contributed by atoms with E-state index in [2.05, 4.69) is 10.6 Å². The van der Waals surface area contributed by atoms with E-state index < -0.39 is 16.9 Å². The number of carbonyl (C=O) groups is 2. The lowest BCUT2D eigenvalue weighted by molar-refractivity contribution is -0.384. The summed E-state index contributed by atoms with van der Waals surface area (Å²) in [5, 5.41) is 24.3. The summed E-state index contributed by atoms with van der Waals surface area (Å²) in [6.45, 7) is 2.28. The van der Waals surface area contributed by atoms with Gasteiger partial charge in [0.05, 0.1) is 16.2 Å². The molecule has 0 radical (unpaired) electrons. The van der Waals surface area contributed by atoms with E-state index in [4.69, 9.17) is 5.11 Å². The van der Waals surface area contributed by atoms with Crippen LogP contribution in [0.5, 0.6) is 0 Å². The third-order valence-electron chi connectivity index (χ3n) is 2.23. The van der Waals surface area contributed by atoms with Gasteiger partial charge in [-0.3, -0.25) is 10.1 Å². The van der Waals surface area contributed by atoms with Crippen molar-refractivity contribution in [1.82, 2.24) is 5.32 Å². The molecule has 0 atom stereocenters. The number of nitrogens with one attached hydrogen (secondary N) is 2. The maximum absolute atomic E-state index is 11.4. The van der Waals surface area contributed by atoms with Crippen LogP contribution in [0.1, 0.15) is 23.7 Å². The highest BCUT2D eigenvalue weighted by Crippen LogP contribution is 2.22. The number of nitrogens with zero attached hydrogens (tertiary/aromatic N) is 1. The standard InChI is InChI=1S/C11H13N3O5/c1-2-5-12-11(17)13-9-6-7(14(18)19)3-4-8(9)10(15)16/h3-4,6H,2,5H2,1H3,(H,15,16)(H2,12,13,17). The van der Waals surface area contributed by atoms with Crippen LogP contribution >= 0.6 is 0 Å². The summed E-state index contributed by atoms with van der Waals surface area (Å²) >= 11 is 0. The minimum atomic E-state index is -1.28. The molecule has 0 unspecified atom stereocenters. The fourth-order valence-electron chi connectivity index (χ4n) is 1.34. The van der Waals surface area contributed by atoms with Crippen LogP contribution in [0.2, 0.25) is 0 Å². The predicted octanol–water partition coefficient (Wildman–Crippen LogP) is 1.82. The molecule has 0 heterocycles. The highest BCUT2D eigenvalue weighted by atomic mass is 16.6. The van der Waals surface area contributed by atoms with Gasteiger partial charge in [0.1, 0.15) is 0 Å². The van der Waals surface area contributed by atoms with Crippen LogP contribution in [0.4, 0.5) is 16.2 Å². The van der Waals surface area contributed by atoms with Gasteiger partial charge in [-0.2, -0.15) is 0 Å². The van der Waals surface area contributed by atoms with Crippen molar-refractivity contribution in [1.29, 1.82) is 0 Å². The smallest absolute Gasteiger partial charge is 0.337 e. The zero-order valence-electron chi connectivity index (χ0n) is 10.2. The lowest BCUT2D eigenvalue weighted by Crippen LogP contribution is -2.29. The molecule has 102 valence electrons. The van der Waals surface area contributed by atoms with Gasteiger partial charge in [-0.05, 0) is 12.5 Å². The van der Waals surface area contributed by atoms with Crippen molar-refractivity contribution in [2.75, 3.05) is 11.9 Å². The van der Waals surface area contributed by atoms with E-state index in [0.717, 1.165) is 18.2 Å². The van der Waals surface area contributed by atoms with Crippen LogP contribution in [0, 0.1) is 10.1 Å². The first-order valence-corrected chi connectivity index (χ1v) is 5.52. The van der Waals surface area contributed by atoms with Crippen molar-refractivity contribution in [3.05, 3.63) is 33.9 Å². The fourth-order valence-corrected chi connectivity index (χ4v) is 1.34. The van der Waals surface area contributed by atoms with E-state index in [1.54, 1.807) is 0 Å². The largest absolute Gasteiger partial charge is 0.478 e. The van der Waals surface area contributed by atoms with Gasteiger partial charge in [0, 0.05) is 18.7 Å². The Morgan fingerprint density at radius 3 is 2.63 bits per heavy atom. The van der Waals surface area contributed by atoms with E-state index in [1.165, 1.54) is 0 Å². The molecule has 1 aromatic rings. The Morgan fingerprint density at radius 1 is 1.42 bits per heavy atom. The number of nitro benzene ring substituents is 1. The predicted molar refractivity (Wildman–Crippen MR) is 67.4 cm³/mol. The van der Waals surface area contributed by atoms with Crippen LogP contribution in [0.15, 0.2) is 18.2 Å². The van der Waals surface area contributed by atoms with Crippen molar-refractivity contribution in [2.45, 2.75) is 13.3 Å². The Bertz CT molecular complexity index is 515. The molecule has 2 amide bonds. The maximum atomic E-state index is 11.4. The molecule has 3 N–H and O–H groups in total. The minimum absolute atomic E-state index is 0.115.